The van der Waals surface area contributed by atoms with Crippen LogP contribution in [-0.4, -0.2) is 55.3 Å². The molecule has 0 saturated carbocycles. The van der Waals surface area contributed by atoms with E-state index in [1.54, 1.807) is 39.6 Å². The molecule has 0 aliphatic carbocycles. The fourth-order valence-electron chi connectivity index (χ4n) is 2.99. The van der Waals surface area contributed by atoms with Crippen LogP contribution in [0, 0.1) is 0 Å². The number of rotatable bonds is 8. The SMILES string of the molecule is CCN(CC)S(=O)(=O)c1cc(C(=O)N(C)Cc2cc(Br)ccc2OC)n(C)c1. The van der Waals surface area contributed by atoms with Gasteiger partial charge in [-0.1, -0.05) is 29.8 Å². The van der Waals surface area contributed by atoms with Gasteiger partial charge in [-0.25, -0.2) is 8.42 Å². The third kappa shape index (κ3) is 4.59. The maximum absolute atomic E-state index is 12.9. The first-order valence-electron chi connectivity index (χ1n) is 8.90. The predicted octanol–water partition coefficient (Wildman–Crippen LogP) is 3.10. The molecule has 2 aromatic rings. The van der Waals surface area contributed by atoms with E-state index in [-0.39, 0.29) is 10.8 Å². The number of hydrogen-bond donors (Lipinski definition) is 0. The van der Waals surface area contributed by atoms with E-state index in [0.29, 0.717) is 31.1 Å². The van der Waals surface area contributed by atoms with E-state index >= 15 is 0 Å². The summed E-state index contributed by atoms with van der Waals surface area (Å²) in [7, 11) is 1.30. The second kappa shape index (κ2) is 9.11. The van der Waals surface area contributed by atoms with Gasteiger partial charge in [0.1, 0.15) is 16.3 Å². The Labute approximate surface area is 175 Å². The number of ether oxygens (including phenoxy) is 1. The molecule has 28 heavy (non-hydrogen) atoms. The molecule has 0 saturated heterocycles. The van der Waals surface area contributed by atoms with Gasteiger partial charge in [0, 0.05) is 50.0 Å². The molecule has 9 heteroatoms. The van der Waals surface area contributed by atoms with Gasteiger partial charge in [0.05, 0.1) is 7.11 Å². The Morgan fingerprint density at radius 3 is 2.43 bits per heavy atom. The number of amides is 1. The van der Waals surface area contributed by atoms with Crippen LogP contribution in [-0.2, 0) is 23.6 Å². The summed E-state index contributed by atoms with van der Waals surface area (Å²) in [6.07, 6.45) is 1.48. The fourth-order valence-corrected chi connectivity index (χ4v) is 4.93. The van der Waals surface area contributed by atoms with Crippen molar-refractivity contribution in [3.05, 3.63) is 46.2 Å². The van der Waals surface area contributed by atoms with Gasteiger partial charge in [0.15, 0.2) is 0 Å². The van der Waals surface area contributed by atoms with Crippen LogP contribution in [0.5, 0.6) is 5.75 Å². The summed E-state index contributed by atoms with van der Waals surface area (Å²) in [6.45, 7) is 4.65. The van der Waals surface area contributed by atoms with Gasteiger partial charge in [0.25, 0.3) is 5.91 Å². The van der Waals surface area contributed by atoms with Gasteiger partial charge in [-0.15, -0.1) is 0 Å². The van der Waals surface area contributed by atoms with E-state index in [2.05, 4.69) is 15.9 Å². The van der Waals surface area contributed by atoms with Crippen LogP contribution in [0.25, 0.3) is 0 Å². The number of carbonyl (C=O) groups excluding carboxylic acids is 1. The number of aromatic nitrogens is 1. The Kier molecular flexibility index (Phi) is 7.30. The third-order valence-electron chi connectivity index (χ3n) is 4.54. The Morgan fingerprint density at radius 2 is 1.86 bits per heavy atom. The highest BCUT2D eigenvalue weighted by atomic mass is 79.9. The van der Waals surface area contributed by atoms with Crippen molar-refractivity contribution in [2.24, 2.45) is 7.05 Å². The molecule has 1 amide bonds. The average molecular weight is 472 g/mol. The Balaban J connectivity index is 2.30. The zero-order valence-electron chi connectivity index (χ0n) is 16.8. The minimum absolute atomic E-state index is 0.121. The van der Waals surface area contributed by atoms with Crippen molar-refractivity contribution >= 4 is 31.9 Å². The summed E-state index contributed by atoms with van der Waals surface area (Å²) in [6, 6.07) is 7.02. The van der Waals surface area contributed by atoms with E-state index in [1.165, 1.54) is 21.5 Å². The van der Waals surface area contributed by atoms with Crippen molar-refractivity contribution in [1.29, 1.82) is 0 Å². The number of carbonyl (C=O) groups is 1. The minimum Gasteiger partial charge on any atom is -0.496 e. The number of benzene rings is 1. The van der Waals surface area contributed by atoms with Crippen molar-refractivity contribution in [1.82, 2.24) is 13.8 Å². The fraction of sp³-hybridized carbons (Fsp3) is 0.421. The smallest absolute Gasteiger partial charge is 0.270 e. The maximum Gasteiger partial charge on any atom is 0.270 e. The highest BCUT2D eigenvalue weighted by Crippen LogP contribution is 2.25. The number of nitrogens with zero attached hydrogens (tertiary/aromatic N) is 3. The first kappa shape index (κ1) is 22.4. The molecule has 0 atom stereocenters. The summed E-state index contributed by atoms with van der Waals surface area (Å²) < 4.78 is 34.6. The molecular formula is C19H26BrN3O4S. The van der Waals surface area contributed by atoms with Crippen molar-refractivity contribution in [2.45, 2.75) is 25.3 Å². The highest BCUT2D eigenvalue weighted by Gasteiger charge is 2.26. The maximum atomic E-state index is 12.9. The minimum atomic E-state index is -3.62. The second-order valence-corrected chi connectivity index (χ2v) is 9.23. The lowest BCUT2D eigenvalue weighted by Gasteiger charge is -2.19. The molecule has 0 spiro atoms. The summed E-state index contributed by atoms with van der Waals surface area (Å²) in [5.74, 6) is 0.407. The van der Waals surface area contributed by atoms with Crippen LogP contribution < -0.4 is 4.74 Å². The van der Waals surface area contributed by atoms with Crippen molar-refractivity contribution in [3.63, 3.8) is 0 Å². The summed E-state index contributed by atoms with van der Waals surface area (Å²) in [4.78, 5) is 14.6. The molecule has 7 nitrogen and oxygen atoms in total. The van der Waals surface area contributed by atoms with Gasteiger partial charge >= 0.3 is 0 Å². The van der Waals surface area contributed by atoms with Crippen LogP contribution in [0.1, 0.15) is 29.9 Å². The van der Waals surface area contributed by atoms with Gasteiger partial charge in [-0.3, -0.25) is 4.79 Å². The molecule has 0 radical (unpaired) electrons. The second-order valence-electron chi connectivity index (χ2n) is 6.38. The highest BCUT2D eigenvalue weighted by molar-refractivity contribution is 9.10. The zero-order chi connectivity index (χ0) is 21.1. The first-order valence-corrected chi connectivity index (χ1v) is 11.1. The Bertz CT molecular complexity index is 952. The van der Waals surface area contributed by atoms with Crippen LogP contribution in [0.2, 0.25) is 0 Å². The van der Waals surface area contributed by atoms with Gasteiger partial charge in [0.2, 0.25) is 10.0 Å². The molecule has 1 heterocycles. The molecule has 2 rings (SSSR count). The molecule has 0 bridgehead atoms. The molecule has 1 aromatic carbocycles. The number of methoxy groups -OCH3 is 1. The quantitative estimate of drug-likeness (QED) is 0.592. The summed E-state index contributed by atoms with van der Waals surface area (Å²) in [5, 5.41) is 0. The Morgan fingerprint density at radius 1 is 1.21 bits per heavy atom. The molecule has 0 unspecified atom stereocenters. The molecule has 0 aliphatic rings. The van der Waals surface area contributed by atoms with Gasteiger partial charge in [-0.2, -0.15) is 4.31 Å². The van der Waals surface area contributed by atoms with E-state index < -0.39 is 10.0 Å². The van der Waals surface area contributed by atoms with Gasteiger partial charge in [-0.05, 0) is 24.3 Å². The number of halogens is 1. The van der Waals surface area contributed by atoms with E-state index in [4.69, 9.17) is 4.74 Å². The van der Waals surface area contributed by atoms with Crippen molar-refractivity contribution < 1.29 is 17.9 Å². The van der Waals surface area contributed by atoms with Crippen LogP contribution in [0.3, 0.4) is 0 Å². The average Bonchev–Trinajstić information content (AvgIpc) is 3.04. The van der Waals surface area contributed by atoms with E-state index in [0.717, 1.165) is 10.0 Å². The van der Waals surface area contributed by atoms with Crippen LogP contribution >= 0.6 is 15.9 Å². The number of aryl methyl sites for hydroxylation is 1. The van der Waals surface area contributed by atoms with Crippen molar-refractivity contribution in [3.8, 4) is 5.75 Å². The first-order chi connectivity index (χ1) is 13.1. The molecule has 1 aromatic heterocycles. The summed E-state index contributed by atoms with van der Waals surface area (Å²) >= 11 is 3.43. The Hall–Kier alpha value is -1.84. The lowest BCUT2D eigenvalue weighted by molar-refractivity contribution is 0.0774. The standard InChI is InChI=1S/C19H26BrN3O4S/c1-6-23(7-2)28(25,26)16-11-17(21(3)13-16)19(24)22(4)12-14-10-15(20)8-9-18(14)27-5/h8-11,13H,6-7,12H2,1-5H3. The number of sulfonamides is 1. The number of hydrogen-bond acceptors (Lipinski definition) is 4. The summed E-state index contributed by atoms with van der Waals surface area (Å²) in [5.41, 5.74) is 1.15. The van der Waals surface area contributed by atoms with E-state index in [9.17, 15) is 13.2 Å². The van der Waals surface area contributed by atoms with Crippen LogP contribution in [0.15, 0.2) is 39.8 Å². The van der Waals surface area contributed by atoms with Crippen LogP contribution in [0.4, 0.5) is 0 Å². The predicted molar refractivity (Wildman–Crippen MR) is 112 cm³/mol. The lowest BCUT2D eigenvalue weighted by atomic mass is 10.2. The topological polar surface area (TPSA) is 71.8 Å². The normalized spacial score (nSPS) is 11.7. The lowest BCUT2D eigenvalue weighted by Crippen LogP contribution is -2.30. The molecule has 0 fully saturated rings. The van der Waals surface area contributed by atoms with E-state index in [1.807, 2.05) is 18.2 Å². The third-order valence-corrected chi connectivity index (χ3v) is 7.05. The molecular weight excluding hydrogens is 446 g/mol. The molecule has 154 valence electrons. The van der Waals surface area contributed by atoms with Crippen molar-refractivity contribution in [2.75, 3.05) is 27.2 Å². The zero-order valence-corrected chi connectivity index (χ0v) is 19.2. The molecule has 0 aliphatic heterocycles. The van der Waals surface area contributed by atoms with Gasteiger partial charge < -0.3 is 14.2 Å². The monoisotopic (exact) mass is 471 g/mol. The largest absolute Gasteiger partial charge is 0.496 e. The molecule has 0 N–H and O–H groups in total.